The molecule has 1 aliphatic rings. The fraction of sp³-hybridized carbons (Fsp3) is 0. The summed E-state index contributed by atoms with van der Waals surface area (Å²) in [6.07, 6.45) is 0. The number of rotatable bonds is 0. The number of benzene rings is 2. The van der Waals surface area contributed by atoms with Gasteiger partial charge >= 0.3 is 0 Å². The van der Waals surface area contributed by atoms with Gasteiger partial charge in [0.05, 0.1) is 19.0 Å². The molecule has 2 aromatic carbocycles. The summed E-state index contributed by atoms with van der Waals surface area (Å²) >= 11 is 25.9. The molecule has 0 bridgehead atoms. The zero-order chi connectivity index (χ0) is 14.6. The van der Waals surface area contributed by atoms with Gasteiger partial charge in [-0.2, -0.15) is 0 Å². The van der Waals surface area contributed by atoms with Crippen LogP contribution < -0.4 is 9.47 Å². The van der Waals surface area contributed by atoms with Crippen LogP contribution in [0.4, 0.5) is 0 Å². The van der Waals surface area contributed by atoms with Crippen LogP contribution in [-0.4, -0.2) is 0 Å². The average Bonchev–Trinajstić information content (AvgIpc) is 2.42. The van der Waals surface area contributed by atoms with E-state index >= 15 is 0 Å². The molecule has 0 N–H and O–H groups in total. The third kappa shape index (κ3) is 2.42. The van der Waals surface area contributed by atoms with Crippen molar-refractivity contribution in [3.05, 3.63) is 40.1 Å². The van der Waals surface area contributed by atoms with Gasteiger partial charge in [-0.3, -0.25) is 0 Å². The van der Waals surface area contributed by atoms with Crippen LogP contribution in [-0.2, 0) is 0 Å². The van der Waals surface area contributed by atoms with Gasteiger partial charge in [-0.25, -0.2) is 0 Å². The lowest BCUT2D eigenvalue weighted by molar-refractivity contribution is 0.355. The first-order valence-electron chi connectivity index (χ1n) is 5.11. The highest BCUT2D eigenvalue weighted by molar-refractivity contribution is 9.11. The molecule has 2 aromatic rings. The van der Waals surface area contributed by atoms with Crippen LogP contribution >= 0.6 is 86.9 Å². The second-order valence-corrected chi connectivity index (χ2v) is 7.88. The minimum Gasteiger partial charge on any atom is -0.448 e. The van der Waals surface area contributed by atoms with Gasteiger partial charge in [0.15, 0.2) is 23.0 Å². The molecule has 0 amide bonds. The molecular weight excluding hydrogens is 567 g/mol. The number of fused-ring (bicyclic) bond motifs is 2. The minimum atomic E-state index is 0.517. The predicted octanol–water partition coefficient (Wildman–Crippen LogP) is 7.94. The van der Waals surface area contributed by atoms with Gasteiger partial charge in [0, 0.05) is 21.1 Å². The number of hydrogen-bond acceptors (Lipinski definition) is 2. The molecule has 0 saturated carbocycles. The van der Waals surface area contributed by atoms with Crippen molar-refractivity contribution in [3.8, 4) is 23.0 Å². The summed E-state index contributed by atoms with van der Waals surface area (Å²) in [7, 11) is 0. The summed E-state index contributed by atoms with van der Waals surface area (Å²) in [4.78, 5) is 0. The Labute approximate surface area is 158 Å². The summed E-state index contributed by atoms with van der Waals surface area (Å²) in [5, 5.41) is 1.03. The predicted molar refractivity (Wildman–Crippen MR) is 93.9 cm³/mol. The molecule has 0 radical (unpaired) electrons. The molecule has 1 aliphatic heterocycles. The topological polar surface area (TPSA) is 18.5 Å². The largest absolute Gasteiger partial charge is 0.448 e. The molecule has 0 aromatic heterocycles. The van der Waals surface area contributed by atoms with Crippen LogP contribution in [0.25, 0.3) is 0 Å². The fourth-order valence-electron chi connectivity index (χ4n) is 1.68. The van der Waals surface area contributed by atoms with E-state index in [4.69, 9.17) is 32.7 Å². The van der Waals surface area contributed by atoms with Crippen LogP contribution in [0.1, 0.15) is 0 Å². The first-order chi connectivity index (χ1) is 9.40. The van der Waals surface area contributed by atoms with Gasteiger partial charge in [-0.15, -0.1) is 0 Å². The van der Waals surface area contributed by atoms with Gasteiger partial charge in [-0.1, -0.05) is 23.2 Å². The van der Waals surface area contributed by atoms with Crippen molar-refractivity contribution in [2.24, 2.45) is 0 Å². The number of hydrogen-bond donors (Lipinski definition) is 0. The summed E-state index contributed by atoms with van der Waals surface area (Å²) in [5.74, 6) is 2.12. The fourth-order valence-corrected chi connectivity index (χ4v) is 4.28. The van der Waals surface area contributed by atoms with Crippen molar-refractivity contribution in [2.75, 3.05) is 0 Å². The minimum absolute atomic E-state index is 0.517. The van der Waals surface area contributed by atoms with Crippen LogP contribution in [0.2, 0.25) is 10.0 Å². The molecule has 104 valence electrons. The molecule has 0 atom stereocenters. The first kappa shape index (κ1) is 15.4. The van der Waals surface area contributed by atoms with Crippen molar-refractivity contribution in [1.82, 2.24) is 0 Å². The zero-order valence-electron chi connectivity index (χ0n) is 9.24. The molecule has 0 spiro atoms. The monoisotopic (exact) mass is 564 g/mol. The quantitative estimate of drug-likeness (QED) is 0.256. The number of ether oxygens (including phenoxy) is 2. The van der Waals surface area contributed by atoms with E-state index in [0.717, 1.165) is 0 Å². The van der Waals surface area contributed by atoms with E-state index in [0.29, 0.717) is 50.9 Å². The molecule has 0 unspecified atom stereocenters. The second-order valence-electron chi connectivity index (χ2n) is 3.83. The van der Waals surface area contributed by atoms with Gasteiger partial charge < -0.3 is 9.47 Å². The van der Waals surface area contributed by atoms with E-state index in [-0.39, 0.29) is 0 Å². The summed E-state index contributed by atoms with van der Waals surface area (Å²) in [5.41, 5.74) is 0. The Bertz CT molecular complexity index is 686. The molecular formula is C12H2Br4Cl2O2. The Morgan fingerprint density at radius 3 is 1.40 bits per heavy atom. The molecule has 0 aliphatic carbocycles. The maximum absolute atomic E-state index is 6.16. The summed E-state index contributed by atoms with van der Waals surface area (Å²) in [6.45, 7) is 0. The normalized spacial score (nSPS) is 12.3. The van der Waals surface area contributed by atoms with Gasteiger partial charge in [0.2, 0.25) is 0 Å². The Morgan fingerprint density at radius 1 is 0.700 bits per heavy atom. The molecule has 20 heavy (non-hydrogen) atoms. The second kappa shape index (κ2) is 5.63. The highest BCUT2D eigenvalue weighted by Crippen LogP contribution is 2.56. The van der Waals surface area contributed by atoms with Gasteiger partial charge in [-0.05, 0) is 63.7 Å². The molecule has 0 fully saturated rings. The molecule has 2 nitrogen and oxygen atoms in total. The van der Waals surface area contributed by atoms with Crippen molar-refractivity contribution in [2.45, 2.75) is 0 Å². The van der Waals surface area contributed by atoms with Crippen molar-refractivity contribution >= 4 is 86.9 Å². The lowest BCUT2D eigenvalue weighted by Crippen LogP contribution is -2.01. The van der Waals surface area contributed by atoms with E-state index < -0.39 is 0 Å². The van der Waals surface area contributed by atoms with Gasteiger partial charge in [0.1, 0.15) is 0 Å². The first-order valence-corrected chi connectivity index (χ1v) is 9.03. The average molecular weight is 569 g/mol. The SMILES string of the molecule is Clc1c(Br)cc2c(c1Br)Oc1cc(Br)c(Cl)c(Br)c1O2. The maximum atomic E-state index is 6.16. The van der Waals surface area contributed by atoms with E-state index in [1.54, 1.807) is 12.1 Å². The van der Waals surface area contributed by atoms with Crippen LogP contribution in [0, 0.1) is 0 Å². The molecule has 0 saturated heterocycles. The van der Waals surface area contributed by atoms with E-state index in [2.05, 4.69) is 63.7 Å². The Balaban J connectivity index is 2.22. The molecule has 3 rings (SSSR count). The smallest absolute Gasteiger partial charge is 0.185 e. The van der Waals surface area contributed by atoms with Crippen LogP contribution in [0.3, 0.4) is 0 Å². The lowest BCUT2D eigenvalue weighted by Gasteiger charge is -2.24. The van der Waals surface area contributed by atoms with E-state index in [9.17, 15) is 0 Å². The Kier molecular flexibility index (Phi) is 4.35. The Hall–Kier alpha value is 0.540. The van der Waals surface area contributed by atoms with Crippen molar-refractivity contribution < 1.29 is 9.47 Å². The summed E-state index contributed by atoms with van der Waals surface area (Å²) < 4.78 is 14.4. The number of halogens is 6. The lowest BCUT2D eigenvalue weighted by atomic mass is 10.2. The Morgan fingerprint density at radius 2 is 1.05 bits per heavy atom. The van der Waals surface area contributed by atoms with Gasteiger partial charge in [0.25, 0.3) is 0 Å². The maximum Gasteiger partial charge on any atom is 0.185 e. The van der Waals surface area contributed by atoms with E-state index in [1.165, 1.54) is 0 Å². The third-order valence-corrected chi connectivity index (χ3v) is 7.05. The highest BCUT2D eigenvalue weighted by Gasteiger charge is 2.28. The van der Waals surface area contributed by atoms with Crippen molar-refractivity contribution in [1.29, 1.82) is 0 Å². The summed E-state index contributed by atoms with van der Waals surface area (Å²) in [6, 6.07) is 3.49. The third-order valence-electron chi connectivity index (χ3n) is 2.59. The standard InChI is InChI=1S/C12H2Br4Cl2O2/c13-3-1-5-11(7(15)9(3)17)20-6-2-4(14)10(18)8(16)12(6)19-5/h1-2H. The zero-order valence-corrected chi connectivity index (χ0v) is 17.1. The van der Waals surface area contributed by atoms with Crippen molar-refractivity contribution in [3.63, 3.8) is 0 Å². The molecule has 8 heteroatoms. The van der Waals surface area contributed by atoms with Crippen LogP contribution in [0.5, 0.6) is 23.0 Å². The van der Waals surface area contributed by atoms with Crippen LogP contribution in [0.15, 0.2) is 30.0 Å². The highest BCUT2D eigenvalue weighted by atomic mass is 79.9. The molecule has 1 heterocycles. The van der Waals surface area contributed by atoms with E-state index in [1.807, 2.05) is 0 Å².